The van der Waals surface area contributed by atoms with E-state index in [1.54, 1.807) is 0 Å². The molecule has 0 aliphatic heterocycles. The Hall–Kier alpha value is -0.0800. The van der Waals surface area contributed by atoms with Gasteiger partial charge in [0.25, 0.3) is 0 Å². The maximum absolute atomic E-state index is 9.36. The minimum atomic E-state index is -0.0460. The summed E-state index contributed by atoms with van der Waals surface area (Å²) in [5.74, 6) is 1.22. The lowest BCUT2D eigenvalue weighted by Gasteiger charge is -2.24. The molecule has 1 fully saturated rings. The minimum Gasteiger partial charge on any atom is -0.396 e. The number of rotatable bonds is 5. The molecule has 1 aliphatic carbocycles. The van der Waals surface area contributed by atoms with Gasteiger partial charge in [0.15, 0.2) is 0 Å². The predicted octanol–water partition coefficient (Wildman–Crippen LogP) is 2.99. The third-order valence-electron chi connectivity index (χ3n) is 3.32. The van der Waals surface area contributed by atoms with Gasteiger partial charge in [0.2, 0.25) is 0 Å². The van der Waals surface area contributed by atoms with Crippen molar-refractivity contribution in [3.8, 4) is 0 Å². The summed E-state index contributed by atoms with van der Waals surface area (Å²) in [5.41, 5.74) is -0.0460. The van der Waals surface area contributed by atoms with E-state index in [9.17, 15) is 5.11 Å². The van der Waals surface area contributed by atoms with Crippen molar-refractivity contribution in [3.05, 3.63) is 0 Å². The van der Waals surface area contributed by atoms with Crippen LogP contribution in [0.25, 0.3) is 0 Å². The smallest absolute Gasteiger partial charge is 0.0598 e. The third-order valence-corrected chi connectivity index (χ3v) is 3.32. The zero-order chi connectivity index (χ0) is 11.3. The third kappa shape index (κ3) is 4.98. The van der Waals surface area contributed by atoms with E-state index in [0.717, 1.165) is 18.9 Å². The first-order valence-electron chi connectivity index (χ1n) is 6.28. The van der Waals surface area contributed by atoms with Crippen LogP contribution >= 0.6 is 0 Å². The Morgan fingerprint density at radius 3 is 2.33 bits per heavy atom. The molecular formula is C13H26O2. The van der Waals surface area contributed by atoms with Crippen LogP contribution in [0.2, 0.25) is 0 Å². The average Bonchev–Trinajstić information content (AvgIpc) is 2.63. The molecule has 90 valence electrons. The molecular weight excluding hydrogens is 188 g/mol. The molecule has 1 N–H and O–H groups in total. The fourth-order valence-corrected chi connectivity index (χ4v) is 2.42. The van der Waals surface area contributed by atoms with E-state index in [4.69, 9.17) is 4.74 Å². The van der Waals surface area contributed by atoms with Gasteiger partial charge in [-0.05, 0) is 39.0 Å². The lowest BCUT2D eigenvalue weighted by molar-refractivity contribution is -0.0162. The lowest BCUT2D eigenvalue weighted by Crippen LogP contribution is -2.24. The molecule has 0 aromatic carbocycles. The van der Waals surface area contributed by atoms with Crippen molar-refractivity contribution in [2.75, 3.05) is 13.2 Å². The maximum atomic E-state index is 9.36. The lowest BCUT2D eigenvalue weighted by atomic mass is 9.89. The topological polar surface area (TPSA) is 29.5 Å². The Bertz CT molecular complexity index is 166. The molecule has 1 unspecified atom stereocenters. The monoisotopic (exact) mass is 214 g/mol. The van der Waals surface area contributed by atoms with E-state index in [0.29, 0.717) is 12.5 Å². The molecule has 0 spiro atoms. The van der Waals surface area contributed by atoms with Gasteiger partial charge in [0.05, 0.1) is 5.60 Å². The van der Waals surface area contributed by atoms with Gasteiger partial charge < -0.3 is 9.84 Å². The average molecular weight is 214 g/mol. The number of aliphatic hydroxyl groups excluding tert-OH is 1. The van der Waals surface area contributed by atoms with E-state index in [-0.39, 0.29) is 5.60 Å². The van der Waals surface area contributed by atoms with Crippen molar-refractivity contribution in [2.24, 2.45) is 11.8 Å². The van der Waals surface area contributed by atoms with Crippen molar-refractivity contribution in [1.82, 2.24) is 0 Å². The second kappa shape index (κ2) is 5.86. The van der Waals surface area contributed by atoms with Crippen molar-refractivity contribution in [2.45, 2.75) is 58.5 Å². The predicted molar refractivity (Wildman–Crippen MR) is 62.9 cm³/mol. The number of ether oxygens (including phenoxy) is 1. The molecule has 15 heavy (non-hydrogen) atoms. The van der Waals surface area contributed by atoms with E-state index in [2.05, 4.69) is 20.8 Å². The van der Waals surface area contributed by atoms with Gasteiger partial charge in [-0.15, -0.1) is 0 Å². The molecule has 2 nitrogen and oxygen atoms in total. The standard InChI is InChI=1S/C13H26O2/c1-13(2,3)15-9-8-12(10-14)11-6-4-5-7-11/h11-12,14H,4-10H2,1-3H3. The molecule has 1 rings (SSSR count). The number of hydrogen-bond donors (Lipinski definition) is 1. The van der Waals surface area contributed by atoms with E-state index in [1.165, 1.54) is 25.7 Å². The second-order valence-corrected chi connectivity index (χ2v) is 5.74. The van der Waals surface area contributed by atoms with Crippen LogP contribution in [0.5, 0.6) is 0 Å². The Morgan fingerprint density at radius 2 is 1.87 bits per heavy atom. The molecule has 0 radical (unpaired) electrons. The highest BCUT2D eigenvalue weighted by atomic mass is 16.5. The quantitative estimate of drug-likeness (QED) is 0.762. The van der Waals surface area contributed by atoms with Crippen LogP contribution in [0, 0.1) is 11.8 Å². The summed E-state index contributed by atoms with van der Waals surface area (Å²) in [5, 5.41) is 9.36. The minimum absolute atomic E-state index is 0.0460. The van der Waals surface area contributed by atoms with E-state index >= 15 is 0 Å². The number of hydrogen-bond acceptors (Lipinski definition) is 2. The van der Waals surface area contributed by atoms with Crippen LogP contribution in [-0.4, -0.2) is 23.9 Å². The van der Waals surface area contributed by atoms with Crippen molar-refractivity contribution in [3.63, 3.8) is 0 Å². The summed E-state index contributed by atoms with van der Waals surface area (Å²) >= 11 is 0. The van der Waals surface area contributed by atoms with Crippen LogP contribution in [0.15, 0.2) is 0 Å². The van der Waals surface area contributed by atoms with Crippen molar-refractivity contribution < 1.29 is 9.84 Å². The van der Waals surface area contributed by atoms with Crippen molar-refractivity contribution in [1.29, 1.82) is 0 Å². The zero-order valence-corrected chi connectivity index (χ0v) is 10.5. The number of aliphatic hydroxyl groups is 1. The van der Waals surface area contributed by atoms with Crippen LogP contribution in [0.1, 0.15) is 52.9 Å². The van der Waals surface area contributed by atoms with E-state index in [1.807, 2.05) is 0 Å². The molecule has 2 heteroatoms. The second-order valence-electron chi connectivity index (χ2n) is 5.74. The normalized spacial score (nSPS) is 20.8. The Morgan fingerprint density at radius 1 is 1.27 bits per heavy atom. The molecule has 1 saturated carbocycles. The fraction of sp³-hybridized carbons (Fsp3) is 1.00. The zero-order valence-electron chi connectivity index (χ0n) is 10.5. The summed E-state index contributed by atoms with van der Waals surface area (Å²) in [6.45, 7) is 7.35. The maximum Gasteiger partial charge on any atom is 0.0598 e. The summed E-state index contributed by atoms with van der Waals surface area (Å²) in [6.07, 6.45) is 6.32. The highest BCUT2D eigenvalue weighted by molar-refractivity contribution is 4.75. The SMILES string of the molecule is CC(C)(C)OCCC(CO)C1CCCC1. The van der Waals surface area contributed by atoms with Crippen LogP contribution in [0.3, 0.4) is 0 Å². The molecule has 1 aliphatic rings. The Kier molecular flexibility index (Phi) is 5.07. The van der Waals surface area contributed by atoms with Crippen molar-refractivity contribution >= 4 is 0 Å². The molecule has 0 bridgehead atoms. The molecule has 0 saturated heterocycles. The first kappa shape index (κ1) is 13.0. The van der Waals surface area contributed by atoms with Gasteiger partial charge >= 0.3 is 0 Å². The Labute approximate surface area is 94.0 Å². The molecule has 0 aromatic heterocycles. The first-order chi connectivity index (χ1) is 7.03. The molecule has 0 aromatic rings. The largest absolute Gasteiger partial charge is 0.396 e. The molecule has 1 atom stereocenters. The summed E-state index contributed by atoms with van der Waals surface area (Å²) in [7, 11) is 0. The van der Waals surface area contributed by atoms with Gasteiger partial charge in [0.1, 0.15) is 0 Å². The van der Waals surface area contributed by atoms with Gasteiger partial charge in [-0.25, -0.2) is 0 Å². The highest BCUT2D eigenvalue weighted by Crippen LogP contribution is 2.33. The van der Waals surface area contributed by atoms with Gasteiger partial charge in [-0.2, -0.15) is 0 Å². The first-order valence-corrected chi connectivity index (χ1v) is 6.28. The van der Waals surface area contributed by atoms with Crippen LogP contribution < -0.4 is 0 Å². The summed E-state index contributed by atoms with van der Waals surface area (Å²) < 4.78 is 5.71. The van der Waals surface area contributed by atoms with Crippen LogP contribution in [-0.2, 0) is 4.74 Å². The van der Waals surface area contributed by atoms with E-state index < -0.39 is 0 Å². The van der Waals surface area contributed by atoms with Gasteiger partial charge in [0, 0.05) is 13.2 Å². The molecule has 0 amide bonds. The van der Waals surface area contributed by atoms with Gasteiger partial charge in [-0.3, -0.25) is 0 Å². The Balaban J connectivity index is 2.21. The molecule has 0 heterocycles. The van der Waals surface area contributed by atoms with Gasteiger partial charge in [-0.1, -0.05) is 25.7 Å². The summed E-state index contributed by atoms with van der Waals surface area (Å²) in [4.78, 5) is 0. The fourth-order valence-electron chi connectivity index (χ4n) is 2.42. The summed E-state index contributed by atoms with van der Waals surface area (Å²) in [6, 6.07) is 0. The highest BCUT2D eigenvalue weighted by Gasteiger charge is 2.24. The van der Waals surface area contributed by atoms with Crippen LogP contribution in [0.4, 0.5) is 0 Å².